The van der Waals surface area contributed by atoms with E-state index in [1.165, 1.54) is 16.9 Å². The molecule has 0 unspecified atom stereocenters. The summed E-state index contributed by atoms with van der Waals surface area (Å²) in [5.74, 6) is 0. The van der Waals surface area contributed by atoms with Gasteiger partial charge in [0, 0.05) is 17.9 Å². The second-order valence-corrected chi connectivity index (χ2v) is 8.13. The van der Waals surface area contributed by atoms with E-state index in [1.807, 2.05) is 30.3 Å². The molecular formula is C18H18N2O2S2. The third kappa shape index (κ3) is 4.37. The molecule has 3 rings (SSSR count). The van der Waals surface area contributed by atoms with Crippen LogP contribution in [0.4, 0.5) is 11.4 Å². The van der Waals surface area contributed by atoms with Crippen molar-refractivity contribution in [1.29, 1.82) is 0 Å². The van der Waals surface area contributed by atoms with Crippen molar-refractivity contribution in [1.82, 2.24) is 0 Å². The largest absolute Gasteiger partial charge is 0.385 e. The molecule has 0 fully saturated rings. The summed E-state index contributed by atoms with van der Waals surface area (Å²) in [6.45, 7) is 0.824. The maximum absolute atomic E-state index is 12.2. The van der Waals surface area contributed by atoms with Crippen LogP contribution in [0.2, 0.25) is 0 Å². The average Bonchev–Trinajstić information content (AvgIpc) is 3.13. The highest BCUT2D eigenvalue weighted by molar-refractivity contribution is 7.94. The lowest BCUT2D eigenvalue weighted by Crippen LogP contribution is -2.11. The maximum atomic E-state index is 12.2. The van der Waals surface area contributed by atoms with E-state index in [0.717, 1.165) is 18.7 Å². The SMILES string of the molecule is O=S(=O)(Nc1ccc(NCCc2ccccc2)cc1)c1cccs1. The Labute approximate surface area is 146 Å². The van der Waals surface area contributed by atoms with Crippen molar-refractivity contribution in [3.05, 3.63) is 77.7 Å². The van der Waals surface area contributed by atoms with Crippen LogP contribution >= 0.6 is 11.3 Å². The fourth-order valence-corrected chi connectivity index (χ4v) is 4.33. The zero-order valence-corrected chi connectivity index (χ0v) is 14.6. The van der Waals surface area contributed by atoms with E-state index in [-0.39, 0.29) is 0 Å². The van der Waals surface area contributed by atoms with Gasteiger partial charge >= 0.3 is 0 Å². The third-order valence-corrected chi connectivity index (χ3v) is 6.26. The number of sulfonamides is 1. The number of anilines is 2. The van der Waals surface area contributed by atoms with Crippen LogP contribution in [0.25, 0.3) is 0 Å². The van der Waals surface area contributed by atoms with Crippen molar-refractivity contribution in [3.63, 3.8) is 0 Å². The smallest absolute Gasteiger partial charge is 0.271 e. The maximum Gasteiger partial charge on any atom is 0.271 e. The standard InChI is InChI=1S/C18H18N2O2S2/c21-24(22,18-7-4-14-23-18)20-17-10-8-16(9-11-17)19-13-12-15-5-2-1-3-6-15/h1-11,14,19-20H,12-13H2. The Balaban J connectivity index is 1.56. The number of benzene rings is 2. The molecule has 3 aromatic rings. The first-order valence-electron chi connectivity index (χ1n) is 7.58. The summed E-state index contributed by atoms with van der Waals surface area (Å²) in [5, 5.41) is 5.08. The molecule has 0 bridgehead atoms. The lowest BCUT2D eigenvalue weighted by molar-refractivity contribution is 0.603. The Morgan fingerprint density at radius 3 is 2.21 bits per heavy atom. The lowest BCUT2D eigenvalue weighted by Gasteiger charge is -2.09. The van der Waals surface area contributed by atoms with Crippen LogP contribution in [0.1, 0.15) is 5.56 Å². The zero-order valence-electron chi connectivity index (χ0n) is 13.0. The van der Waals surface area contributed by atoms with Crippen LogP contribution < -0.4 is 10.0 Å². The van der Waals surface area contributed by atoms with Crippen molar-refractivity contribution in [2.75, 3.05) is 16.6 Å². The molecule has 0 atom stereocenters. The van der Waals surface area contributed by atoms with Gasteiger partial charge in [0.1, 0.15) is 4.21 Å². The molecule has 1 aromatic heterocycles. The minimum atomic E-state index is -3.49. The van der Waals surface area contributed by atoms with Gasteiger partial charge in [-0.1, -0.05) is 36.4 Å². The fraction of sp³-hybridized carbons (Fsp3) is 0.111. The van der Waals surface area contributed by atoms with Crippen LogP contribution in [-0.2, 0) is 16.4 Å². The fourth-order valence-electron chi connectivity index (χ4n) is 2.27. The molecule has 1 heterocycles. The molecule has 0 amide bonds. The predicted molar refractivity (Wildman–Crippen MR) is 100 cm³/mol. The molecule has 0 aliphatic heterocycles. The molecule has 0 radical (unpaired) electrons. The van der Waals surface area contributed by atoms with Gasteiger partial charge in [0.25, 0.3) is 10.0 Å². The van der Waals surface area contributed by atoms with Crippen LogP contribution in [0, 0.1) is 0 Å². The van der Waals surface area contributed by atoms with Crippen molar-refractivity contribution in [2.24, 2.45) is 0 Å². The second kappa shape index (κ2) is 7.51. The minimum Gasteiger partial charge on any atom is -0.385 e. The number of rotatable bonds is 7. The Morgan fingerprint density at radius 2 is 1.54 bits per heavy atom. The molecule has 2 aromatic carbocycles. The first-order chi connectivity index (χ1) is 11.6. The summed E-state index contributed by atoms with van der Waals surface area (Å²) in [6.07, 6.45) is 0.938. The molecule has 2 N–H and O–H groups in total. The highest BCUT2D eigenvalue weighted by atomic mass is 32.2. The van der Waals surface area contributed by atoms with Gasteiger partial charge in [0.05, 0.1) is 0 Å². The molecule has 0 spiro atoms. The van der Waals surface area contributed by atoms with Gasteiger partial charge in [-0.15, -0.1) is 11.3 Å². The van der Waals surface area contributed by atoms with Crippen molar-refractivity contribution in [3.8, 4) is 0 Å². The van der Waals surface area contributed by atoms with E-state index in [1.54, 1.807) is 29.6 Å². The number of thiophene rings is 1. The lowest BCUT2D eigenvalue weighted by atomic mass is 10.1. The highest BCUT2D eigenvalue weighted by Crippen LogP contribution is 2.21. The van der Waals surface area contributed by atoms with Gasteiger partial charge in [-0.05, 0) is 47.7 Å². The molecule has 0 saturated heterocycles. The summed E-state index contributed by atoms with van der Waals surface area (Å²) in [5.41, 5.74) is 2.80. The van der Waals surface area contributed by atoms with E-state index in [2.05, 4.69) is 22.2 Å². The highest BCUT2D eigenvalue weighted by Gasteiger charge is 2.14. The van der Waals surface area contributed by atoms with Crippen molar-refractivity contribution in [2.45, 2.75) is 10.6 Å². The molecular weight excluding hydrogens is 340 g/mol. The Bertz CT molecular complexity index is 859. The first-order valence-corrected chi connectivity index (χ1v) is 9.94. The van der Waals surface area contributed by atoms with Crippen LogP contribution in [0.5, 0.6) is 0 Å². The van der Waals surface area contributed by atoms with Gasteiger partial charge in [-0.25, -0.2) is 8.42 Å². The summed E-state index contributed by atoms with van der Waals surface area (Å²) < 4.78 is 27.2. The summed E-state index contributed by atoms with van der Waals surface area (Å²) >= 11 is 1.20. The normalized spacial score (nSPS) is 11.2. The third-order valence-electron chi connectivity index (χ3n) is 3.48. The first kappa shape index (κ1) is 16.5. The molecule has 6 heteroatoms. The number of nitrogens with one attached hydrogen (secondary N) is 2. The zero-order chi connectivity index (χ0) is 16.8. The quantitative estimate of drug-likeness (QED) is 0.665. The summed E-state index contributed by atoms with van der Waals surface area (Å²) in [4.78, 5) is 0. The Hall–Kier alpha value is -2.31. The van der Waals surface area contributed by atoms with Crippen molar-refractivity contribution >= 4 is 32.7 Å². The van der Waals surface area contributed by atoms with E-state index in [4.69, 9.17) is 0 Å². The molecule has 0 aliphatic rings. The van der Waals surface area contributed by atoms with Gasteiger partial charge in [0.2, 0.25) is 0 Å². The summed E-state index contributed by atoms with van der Waals surface area (Å²) in [7, 11) is -3.49. The monoisotopic (exact) mass is 358 g/mol. The van der Waals surface area contributed by atoms with Crippen LogP contribution in [0.15, 0.2) is 76.3 Å². The van der Waals surface area contributed by atoms with Gasteiger partial charge in [0.15, 0.2) is 0 Å². The minimum absolute atomic E-state index is 0.313. The van der Waals surface area contributed by atoms with E-state index in [9.17, 15) is 8.42 Å². The van der Waals surface area contributed by atoms with Gasteiger partial charge in [-0.2, -0.15) is 0 Å². The van der Waals surface area contributed by atoms with Gasteiger partial charge in [-0.3, -0.25) is 4.72 Å². The topological polar surface area (TPSA) is 58.2 Å². The molecule has 0 saturated carbocycles. The molecule has 0 aliphatic carbocycles. The van der Waals surface area contributed by atoms with Crippen LogP contribution in [0.3, 0.4) is 0 Å². The number of hydrogen-bond donors (Lipinski definition) is 2. The molecule has 4 nitrogen and oxygen atoms in total. The predicted octanol–water partition coefficient (Wildman–Crippen LogP) is 4.20. The number of hydrogen-bond acceptors (Lipinski definition) is 4. The van der Waals surface area contributed by atoms with Crippen LogP contribution in [-0.4, -0.2) is 15.0 Å². The van der Waals surface area contributed by atoms with Crippen molar-refractivity contribution < 1.29 is 8.42 Å². The molecule has 24 heavy (non-hydrogen) atoms. The van der Waals surface area contributed by atoms with Gasteiger partial charge < -0.3 is 5.32 Å². The summed E-state index contributed by atoms with van der Waals surface area (Å²) in [6, 6.07) is 20.8. The Morgan fingerprint density at radius 1 is 0.833 bits per heavy atom. The van der Waals surface area contributed by atoms with E-state index < -0.39 is 10.0 Å². The Kier molecular flexibility index (Phi) is 5.17. The average molecular weight is 358 g/mol. The van der Waals surface area contributed by atoms with E-state index in [0.29, 0.717) is 9.90 Å². The molecule has 124 valence electrons. The van der Waals surface area contributed by atoms with E-state index >= 15 is 0 Å². The second-order valence-electron chi connectivity index (χ2n) is 5.28.